The molecule has 0 aromatic carbocycles. The largest absolute Gasteiger partial charge is 0.385 e. The maximum Gasteiger partial charge on any atom is 0.162 e. The lowest BCUT2D eigenvalue weighted by Crippen LogP contribution is -2.38. The summed E-state index contributed by atoms with van der Waals surface area (Å²) in [5.41, 5.74) is 6.90. The van der Waals surface area contributed by atoms with Crippen molar-refractivity contribution in [2.45, 2.75) is 38.6 Å². The van der Waals surface area contributed by atoms with Gasteiger partial charge in [0.15, 0.2) is 5.65 Å². The van der Waals surface area contributed by atoms with Crippen LogP contribution in [0.4, 0.5) is 5.82 Å². The van der Waals surface area contributed by atoms with E-state index in [9.17, 15) is 0 Å². The molecule has 0 bridgehead atoms. The van der Waals surface area contributed by atoms with E-state index in [0.29, 0.717) is 12.0 Å². The van der Waals surface area contributed by atoms with E-state index in [-0.39, 0.29) is 0 Å². The molecule has 1 fully saturated rings. The van der Waals surface area contributed by atoms with Gasteiger partial charge in [0.1, 0.15) is 11.6 Å². The molecule has 0 radical (unpaired) electrons. The lowest BCUT2D eigenvalue weighted by molar-refractivity contribution is 0.169. The van der Waals surface area contributed by atoms with E-state index in [4.69, 9.17) is 5.73 Å². The van der Waals surface area contributed by atoms with Crippen LogP contribution >= 0.6 is 0 Å². The average molecular weight is 259 g/mol. The first-order chi connectivity index (χ1) is 9.16. The molecule has 2 N–H and O–H groups in total. The fourth-order valence-corrected chi connectivity index (χ4v) is 2.93. The Kier molecular flexibility index (Phi) is 3.14. The van der Waals surface area contributed by atoms with Gasteiger partial charge in [-0.2, -0.15) is 0 Å². The first-order valence-electron chi connectivity index (χ1n) is 7.00. The van der Waals surface area contributed by atoms with E-state index < -0.39 is 0 Å². The Balaban J connectivity index is 1.86. The normalized spacial score (nSPS) is 18.5. The van der Waals surface area contributed by atoms with Crippen molar-refractivity contribution in [2.24, 2.45) is 0 Å². The molecule has 102 valence electrons. The molecule has 3 heterocycles. The number of aromatic nitrogens is 3. The molecule has 2 aromatic heterocycles. The van der Waals surface area contributed by atoms with Crippen molar-refractivity contribution in [1.29, 1.82) is 0 Å². The lowest BCUT2D eigenvalue weighted by atomic mass is 9.95. The maximum absolute atomic E-state index is 6.06. The molecule has 1 aliphatic rings. The smallest absolute Gasteiger partial charge is 0.162 e. The molecule has 1 saturated heterocycles. The topological polar surface area (TPSA) is 59.5 Å². The van der Waals surface area contributed by atoms with Gasteiger partial charge in [-0.1, -0.05) is 6.07 Å². The Morgan fingerprint density at radius 1 is 1.21 bits per heavy atom. The predicted molar refractivity (Wildman–Crippen MR) is 76.1 cm³/mol. The molecule has 19 heavy (non-hydrogen) atoms. The third kappa shape index (κ3) is 2.18. The number of hydrogen-bond acceptors (Lipinski definition) is 4. The number of likely N-dealkylation sites (tertiary alicyclic amines) is 1. The Hall–Kier alpha value is -1.62. The number of nitrogens with two attached hydrogens (primary N) is 1. The van der Waals surface area contributed by atoms with Crippen LogP contribution in [0.25, 0.3) is 5.65 Å². The van der Waals surface area contributed by atoms with Gasteiger partial charge in [0, 0.05) is 12.0 Å². The minimum atomic E-state index is 0.467. The van der Waals surface area contributed by atoms with Crippen LogP contribution in [-0.4, -0.2) is 38.6 Å². The van der Waals surface area contributed by atoms with E-state index in [1.165, 1.54) is 0 Å². The van der Waals surface area contributed by atoms with E-state index in [0.717, 1.165) is 43.2 Å². The van der Waals surface area contributed by atoms with Crippen LogP contribution in [-0.2, 0) is 0 Å². The zero-order valence-electron chi connectivity index (χ0n) is 11.6. The van der Waals surface area contributed by atoms with Gasteiger partial charge in [-0.3, -0.25) is 4.40 Å². The van der Waals surface area contributed by atoms with Crippen molar-refractivity contribution >= 4 is 11.5 Å². The second kappa shape index (κ2) is 4.81. The number of nitrogens with zero attached hydrogens (tertiary/aromatic N) is 4. The summed E-state index contributed by atoms with van der Waals surface area (Å²) in [5, 5.41) is 8.59. The number of anilines is 1. The number of pyridine rings is 1. The van der Waals surface area contributed by atoms with Gasteiger partial charge < -0.3 is 10.6 Å². The summed E-state index contributed by atoms with van der Waals surface area (Å²) in [6, 6.07) is 6.41. The van der Waals surface area contributed by atoms with Gasteiger partial charge in [0.05, 0.1) is 0 Å². The number of fused-ring (bicyclic) bond motifs is 1. The SMILES string of the molecule is CC(C)N1CCC(c2nnc3cccc(N)n23)CC1. The summed E-state index contributed by atoms with van der Waals surface area (Å²) in [7, 11) is 0. The van der Waals surface area contributed by atoms with Crippen LogP contribution < -0.4 is 5.73 Å². The standard InChI is InChI=1S/C14H21N5/c1-10(2)18-8-6-11(7-9-18)14-17-16-13-5-3-4-12(15)19(13)14/h3-5,10-11H,6-9,15H2,1-2H3. The average Bonchev–Trinajstić information content (AvgIpc) is 2.84. The molecule has 5 nitrogen and oxygen atoms in total. The van der Waals surface area contributed by atoms with Crippen molar-refractivity contribution in [3.8, 4) is 0 Å². The third-order valence-electron chi connectivity index (χ3n) is 4.11. The van der Waals surface area contributed by atoms with Crippen molar-refractivity contribution < 1.29 is 0 Å². The number of piperidine rings is 1. The van der Waals surface area contributed by atoms with Crippen molar-refractivity contribution in [2.75, 3.05) is 18.8 Å². The minimum Gasteiger partial charge on any atom is -0.385 e. The van der Waals surface area contributed by atoms with Crippen LogP contribution in [0.2, 0.25) is 0 Å². The molecule has 2 aromatic rings. The monoisotopic (exact) mass is 259 g/mol. The van der Waals surface area contributed by atoms with Crippen molar-refractivity contribution in [3.63, 3.8) is 0 Å². The Morgan fingerprint density at radius 3 is 2.63 bits per heavy atom. The molecule has 3 rings (SSSR count). The highest BCUT2D eigenvalue weighted by molar-refractivity contribution is 5.48. The fraction of sp³-hybridized carbons (Fsp3) is 0.571. The Morgan fingerprint density at radius 2 is 1.95 bits per heavy atom. The number of hydrogen-bond donors (Lipinski definition) is 1. The number of nitrogen functional groups attached to an aromatic ring is 1. The quantitative estimate of drug-likeness (QED) is 0.895. The molecule has 0 unspecified atom stereocenters. The molecule has 0 amide bonds. The van der Waals surface area contributed by atoms with Crippen molar-refractivity contribution in [1.82, 2.24) is 19.5 Å². The third-order valence-corrected chi connectivity index (χ3v) is 4.11. The maximum atomic E-state index is 6.06. The second-order valence-electron chi connectivity index (χ2n) is 5.61. The van der Waals surface area contributed by atoms with E-state index in [2.05, 4.69) is 28.9 Å². The zero-order valence-corrected chi connectivity index (χ0v) is 11.6. The van der Waals surface area contributed by atoms with Crippen LogP contribution in [0.15, 0.2) is 18.2 Å². The van der Waals surface area contributed by atoms with E-state index in [1.807, 2.05) is 22.6 Å². The Bertz CT molecular complexity index is 566. The summed E-state index contributed by atoms with van der Waals surface area (Å²) in [4.78, 5) is 2.52. The van der Waals surface area contributed by atoms with Crippen molar-refractivity contribution in [3.05, 3.63) is 24.0 Å². The first-order valence-corrected chi connectivity index (χ1v) is 7.00. The zero-order chi connectivity index (χ0) is 13.4. The van der Waals surface area contributed by atoms with Crippen LogP contribution in [0.3, 0.4) is 0 Å². The first kappa shape index (κ1) is 12.4. The van der Waals surface area contributed by atoms with Gasteiger partial charge in [0.2, 0.25) is 0 Å². The Labute approximate surface area is 113 Å². The highest BCUT2D eigenvalue weighted by Crippen LogP contribution is 2.28. The molecule has 1 aliphatic heterocycles. The predicted octanol–water partition coefficient (Wildman–Crippen LogP) is 1.90. The van der Waals surface area contributed by atoms with Gasteiger partial charge in [-0.05, 0) is 51.9 Å². The lowest BCUT2D eigenvalue weighted by Gasteiger charge is -2.33. The molecule has 0 saturated carbocycles. The van der Waals surface area contributed by atoms with Gasteiger partial charge in [0.25, 0.3) is 0 Å². The van der Waals surface area contributed by atoms with Gasteiger partial charge in [-0.25, -0.2) is 0 Å². The van der Waals surface area contributed by atoms with Crippen LogP contribution in [0.1, 0.15) is 38.4 Å². The summed E-state index contributed by atoms with van der Waals surface area (Å²) >= 11 is 0. The molecular weight excluding hydrogens is 238 g/mol. The van der Waals surface area contributed by atoms with Crippen LogP contribution in [0, 0.1) is 0 Å². The summed E-state index contributed by atoms with van der Waals surface area (Å²) in [5.74, 6) is 2.22. The van der Waals surface area contributed by atoms with E-state index in [1.54, 1.807) is 0 Å². The highest BCUT2D eigenvalue weighted by Gasteiger charge is 2.25. The fourth-order valence-electron chi connectivity index (χ4n) is 2.93. The van der Waals surface area contributed by atoms with E-state index >= 15 is 0 Å². The number of rotatable bonds is 2. The second-order valence-corrected chi connectivity index (χ2v) is 5.61. The van der Waals surface area contributed by atoms with Gasteiger partial charge in [-0.15, -0.1) is 10.2 Å². The highest BCUT2D eigenvalue weighted by atomic mass is 15.3. The van der Waals surface area contributed by atoms with Gasteiger partial charge >= 0.3 is 0 Å². The molecular formula is C14H21N5. The molecule has 5 heteroatoms. The van der Waals surface area contributed by atoms with Crippen LogP contribution in [0.5, 0.6) is 0 Å². The molecule has 0 spiro atoms. The molecule has 0 atom stereocenters. The molecule has 0 aliphatic carbocycles. The summed E-state index contributed by atoms with van der Waals surface area (Å²) in [6.07, 6.45) is 2.26. The summed E-state index contributed by atoms with van der Waals surface area (Å²) < 4.78 is 2.00. The summed E-state index contributed by atoms with van der Waals surface area (Å²) in [6.45, 7) is 6.77. The minimum absolute atomic E-state index is 0.467.